The van der Waals surface area contributed by atoms with Gasteiger partial charge in [-0.2, -0.15) is 0 Å². The van der Waals surface area contributed by atoms with E-state index >= 15 is 0 Å². The van der Waals surface area contributed by atoms with Crippen LogP contribution in [0.4, 0.5) is 4.79 Å². The van der Waals surface area contributed by atoms with Crippen LogP contribution in [0.1, 0.15) is 18.1 Å². The van der Waals surface area contributed by atoms with E-state index in [1.807, 2.05) is 6.92 Å². The van der Waals surface area contributed by atoms with Crippen LogP contribution in [-0.2, 0) is 13.0 Å². The molecule has 0 spiro atoms. The van der Waals surface area contributed by atoms with Gasteiger partial charge in [0.25, 0.3) is 0 Å². The lowest BCUT2D eigenvalue weighted by atomic mass is 10.0. The van der Waals surface area contributed by atoms with Crippen LogP contribution in [0.5, 0.6) is 0 Å². The Morgan fingerprint density at radius 2 is 2.05 bits per heavy atom. The summed E-state index contributed by atoms with van der Waals surface area (Å²) in [6.45, 7) is 5.69. The zero-order valence-corrected chi connectivity index (χ0v) is 11.9. The molecule has 0 aliphatic carbocycles. The van der Waals surface area contributed by atoms with Gasteiger partial charge in [-0.3, -0.25) is 4.90 Å². The molecule has 2 N–H and O–H groups in total. The normalized spacial score (nSPS) is 13.8. The molecular formula is C16H21N3O. The van der Waals surface area contributed by atoms with Crippen LogP contribution in [0.3, 0.4) is 0 Å². The van der Waals surface area contributed by atoms with Gasteiger partial charge < -0.3 is 10.6 Å². The van der Waals surface area contributed by atoms with Crippen molar-refractivity contribution in [1.82, 2.24) is 15.5 Å². The molecule has 1 aliphatic heterocycles. The third-order valence-corrected chi connectivity index (χ3v) is 3.31. The maximum atomic E-state index is 11.1. The second-order valence-electron chi connectivity index (χ2n) is 4.80. The second kappa shape index (κ2) is 7.56. The molecule has 2 rings (SSSR count). The van der Waals surface area contributed by atoms with E-state index in [0.29, 0.717) is 13.1 Å². The molecule has 0 atom stereocenters. The average Bonchev–Trinajstić information content (AvgIpc) is 2.47. The average molecular weight is 271 g/mol. The van der Waals surface area contributed by atoms with Crippen molar-refractivity contribution >= 4 is 6.03 Å². The van der Waals surface area contributed by atoms with Crippen molar-refractivity contribution in [3.05, 3.63) is 35.4 Å². The monoisotopic (exact) mass is 271 g/mol. The SMILES string of the molecule is CCNC(=O)NCC#CCN1CCc2ccccc2C1. The van der Waals surface area contributed by atoms with Crippen molar-refractivity contribution in [3.8, 4) is 11.8 Å². The minimum Gasteiger partial charge on any atom is -0.338 e. The quantitative estimate of drug-likeness (QED) is 0.816. The summed E-state index contributed by atoms with van der Waals surface area (Å²) in [5, 5.41) is 5.36. The summed E-state index contributed by atoms with van der Waals surface area (Å²) in [5.41, 5.74) is 2.86. The first-order valence-corrected chi connectivity index (χ1v) is 7.06. The molecular weight excluding hydrogens is 250 g/mol. The smallest absolute Gasteiger partial charge is 0.315 e. The van der Waals surface area contributed by atoms with E-state index in [0.717, 1.165) is 26.1 Å². The van der Waals surface area contributed by atoms with Crippen molar-refractivity contribution in [3.63, 3.8) is 0 Å². The van der Waals surface area contributed by atoms with Gasteiger partial charge in [-0.15, -0.1) is 0 Å². The highest BCUT2D eigenvalue weighted by molar-refractivity contribution is 5.73. The summed E-state index contributed by atoms with van der Waals surface area (Å²) < 4.78 is 0. The number of hydrogen-bond donors (Lipinski definition) is 2. The first-order valence-electron chi connectivity index (χ1n) is 7.06. The Balaban J connectivity index is 1.72. The topological polar surface area (TPSA) is 44.4 Å². The molecule has 20 heavy (non-hydrogen) atoms. The molecule has 1 aromatic carbocycles. The number of carbonyl (C=O) groups excluding carboxylic acids is 1. The molecule has 0 radical (unpaired) electrons. The Labute approximate surface area is 120 Å². The fraction of sp³-hybridized carbons (Fsp3) is 0.438. The molecule has 0 aromatic heterocycles. The molecule has 1 aromatic rings. The van der Waals surface area contributed by atoms with E-state index in [4.69, 9.17) is 0 Å². The van der Waals surface area contributed by atoms with Crippen LogP contribution >= 0.6 is 0 Å². The number of hydrogen-bond acceptors (Lipinski definition) is 2. The maximum absolute atomic E-state index is 11.1. The van der Waals surface area contributed by atoms with Crippen LogP contribution in [-0.4, -0.2) is 37.1 Å². The Bertz CT molecular complexity index is 516. The van der Waals surface area contributed by atoms with E-state index in [1.165, 1.54) is 11.1 Å². The predicted molar refractivity (Wildman–Crippen MR) is 80.3 cm³/mol. The number of nitrogens with one attached hydrogen (secondary N) is 2. The molecule has 1 heterocycles. The molecule has 4 heteroatoms. The number of benzene rings is 1. The summed E-state index contributed by atoms with van der Waals surface area (Å²) in [7, 11) is 0. The van der Waals surface area contributed by atoms with E-state index in [9.17, 15) is 4.79 Å². The molecule has 106 valence electrons. The van der Waals surface area contributed by atoms with Gasteiger partial charge in [-0.25, -0.2) is 4.79 Å². The summed E-state index contributed by atoms with van der Waals surface area (Å²) in [6, 6.07) is 8.42. The van der Waals surface area contributed by atoms with Crippen molar-refractivity contribution in [1.29, 1.82) is 0 Å². The molecule has 0 bridgehead atoms. The number of fused-ring (bicyclic) bond motifs is 1. The maximum Gasteiger partial charge on any atom is 0.315 e. The molecule has 2 amide bonds. The lowest BCUT2D eigenvalue weighted by Crippen LogP contribution is -2.35. The van der Waals surface area contributed by atoms with Crippen molar-refractivity contribution < 1.29 is 4.79 Å². The highest BCUT2D eigenvalue weighted by Gasteiger charge is 2.13. The largest absolute Gasteiger partial charge is 0.338 e. The van der Waals surface area contributed by atoms with E-state index in [1.54, 1.807) is 0 Å². The highest BCUT2D eigenvalue weighted by atomic mass is 16.2. The number of nitrogens with zero attached hydrogens (tertiary/aromatic N) is 1. The lowest BCUT2D eigenvalue weighted by Gasteiger charge is -2.26. The molecule has 0 fully saturated rings. The van der Waals surface area contributed by atoms with Gasteiger partial charge in [-0.05, 0) is 24.5 Å². The van der Waals surface area contributed by atoms with Gasteiger partial charge >= 0.3 is 6.03 Å². The van der Waals surface area contributed by atoms with Gasteiger partial charge in [0.05, 0.1) is 13.1 Å². The Morgan fingerprint density at radius 3 is 2.85 bits per heavy atom. The van der Waals surface area contributed by atoms with Gasteiger partial charge in [-0.1, -0.05) is 36.1 Å². The van der Waals surface area contributed by atoms with E-state index in [2.05, 4.69) is 51.6 Å². The van der Waals surface area contributed by atoms with Crippen molar-refractivity contribution in [2.75, 3.05) is 26.2 Å². The van der Waals surface area contributed by atoms with E-state index < -0.39 is 0 Å². The van der Waals surface area contributed by atoms with Gasteiger partial charge in [0.15, 0.2) is 0 Å². The Hall–Kier alpha value is -1.99. The minimum absolute atomic E-state index is 0.159. The summed E-state index contributed by atoms with van der Waals surface area (Å²) in [5.74, 6) is 6.10. The van der Waals surface area contributed by atoms with Gasteiger partial charge in [0.2, 0.25) is 0 Å². The second-order valence-corrected chi connectivity index (χ2v) is 4.80. The van der Waals surface area contributed by atoms with Crippen LogP contribution < -0.4 is 10.6 Å². The molecule has 0 saturated carbocycles. The number of rotatable bonds is 3. The summed E-state index contributed by atoms with van der Waals surface area (Å²) >= 11 is 0. The Kier molecular flexibility index (Phi) is 5.45. The van der Waals surface area contributed by atoms with E-state index in [-0.39, 0.29) is 6.03 Å². The lowest BCUT2D eigenvalue weighted by molar-refractivity contribution is 0.242. The van der Waals surface area contributed by atoms with Crippen LogP contribution in [0.15, 0.2) is 24.3 Å². The fourth-order valence-electron chi connectivity index (χ4n) is 2.27. The fourth-order valence-corrected chi connectivity index (χ4v) is 2.27. The van der Waals surface area contributed by atoms with Crippen LogP contribution in [0.25, 0.3) is 0 Å². The van der Waals surface area contributed by atoms with Crippen molar-refractivity contribution in [2.45, 2.75) is 19.9 Å². The van der Waals surface area contributed by atoms with Gasteiger partial charge in [0.1, 0.15) is 0 Å². The standard InChI is InChI=1S/C16H21N3O/c1-2-17-16(20)18-10-5-6-11-19-12-9-14-7-3-4-8-15(14)13-19/h3-4,7-8H,2,9-13H2,1H3,(H2,17,18,20). The third-order valence-electron chi connectivity index (χ3n) is 3.31. The predicted octanol–water partition coefficient (Wildman–Crippen LogP) is 1.37. The first kappa shape index (κ1) is 14.4. The molecule has 1 aliphatic rings. The van der Waals surface area contributed by atoms with Gasteiger partial charge in [0, 0.05) is 19.6 Å². The summed E-state index contributed by atoms with van der Waals surface area (Å²) in [4.78, 5) is 13.5. The first-order chi connectivity index (χ1) is 9.79. The molecule has 0 saturated heterocycles. The minimum atomic E-state index is -0.159. The third kappa shape index (κ3) is 4.29. The van der Waals surface area contributed by atoms with Crippen LogP contribution in [0.2, 0.25) is 0 Å². The zero-order valence-electron chi connectivity index (χ0n) is 11.9. The van der Waals surface area contributed by atoms with Crippen molar-refractivity contribution in [2.24, 2.45) is 0 Å². The molecule has 4 nitrogen and oxygen atoms in total. The highest BCUT2D eigenvalue weighted by Crippen LogP contribution is 2.17. The number of urea groups is 1. The molecule has 0 unspecified atom stereocenters. The zero-order chi connectivity index (χ0) is 14.2. The number of amides is 2. The Morgan fingerprint density at radius 1 is 1.25 bits per heavy atom. The number of carbonyl (C=O) groups is 1. The summed E-state index contributed by atoms with van der Waals surface area (Å²) in [6.07, 6.45) is 1.09. The van der Waals surface area contributed by atoms with Crippen LogP contribution in [0, 0.1) is 11.8 Å².